The van der Waals surface area contributed by atoms with Crippen molar-refractivity contribution >= 4 is 5.91 Å². The molecule has 0 saturated heterocycles. The zero-order valence-corrected chi connectivity index (χ0v) is 11.0. The lowest BCUT2D eigenvalue weighted by Gasteiger charge is -2.23. The number of aliphatic hydroxyl groups is 1. The molecule has 3 heteroatoms. The molecular formula is C14H21NO2. The standard InChI is InChI=1S/C14H21NO2/c1-10-5-6-11(2)13(7-10)8-14(17)15(4)12(3)9-16/h5-7,12,16H,8-9H2,1-4H3. The Morgan fingerprint density at radius 1 is 1.41 bits per heavy atom. The monoisotopic (exact) mass is 235 g/mol. The number of nitrogens with zero attached hydrogens (tertiary/aromatic N) is 1. The molecule has 1 atom stereocenters. The van der Waals surface area contributed by atoms with Crippen LogP contribution in [0.1, 0.15) is 23.6 Å². The number of hydrogen-bond donors (Lipinski definition) is 1. The fourth-order valence-electron chi connectivity index (χ4n) is 1.65. The Bertz CT molecular complexity index is 401. The normalized spacial score (nSPS) is 12.3. The molecule has 3 nitrogen and oxygen atoms in total. The molecule has 0 aliphatic heterocycles. The second kappa shape index (κ2) is 5.82. The maximum atomic E-state index is 12.0. The van der Waals surface area contributed by atoms with E-state index in [1.807, 2.05) is 39.0 Å². The largest absolute Gasteiger partial charge is 0.394 e. The Hall–Kier alpha value is -1.35. The van der Waals surface area contributed by atoms with Crippen molar-refractivity contribution in [3.05, 3.63) is 34.9 Å². The van der Waals surface area contributed by atoms with Crippen LogP contribution in [0.2, 0.25) is 0 Å². The van der Waals surface area contributed by atoms with Gasteiger partial charge < -0.3 is 10.0 Å². The van der Waals surface area contributed by atoms with Crippen LogP contribution in [0, 0.1) is 13.8 Å². The Labute approximate surface area is 103 Å². The molecule has 1 rings (SSSR count). The number of carbonyl (C=O) groups is 1. The van der Waals surface area contributed by atoms with Gasteiger partial charge in [-0.2, -0.15) is 0 Å². The van der Waals surface area contributed by atoms with Crippen LogP contribution in [0.15, 0.2) is 18.2 Å². The van der Waals surface area contributed by atoms with E-state index in [-0.39, 0.29) is 18.6 Å². The zero-order valence-electron chi connectivity index (χ0n) is 11.0. The quantitative estimate of drug-likeness (QED) is 0.862. The predicted octanol–water partition coefficient (Wildman–Crippen LogP) is 1.69. The molecule has 0 aliphatic rings. The molecular weight excluding hydrogens is 214 g/mol. The van der Waals surface area contributed by atoms with Crippen LogP contribution in [0.5, 0.6) is 0 Å². The van der Waals surface area contributed by atoms with Gasteiger partial charge in [0.1, 0.15) is 0 Å². The third kappa shape index (κ3) is 3.56. The summed E-state index contributed by atoms with van der Waals surface area (Å²) in [6, 6.07) is 5.99. The van der Waals surface area contributed by atoms with E-state index in [0.29, 0.717) is 6.42 Å². The van der Waals surface area contributed by atoms with Gasteiger partial charge in [0.2, 0.25) is 5.91 Å². The number of carbonyl (C=O) groups excluding carboxylic acids is 1. The minimum atomic E-state index is -0.132. The van der Waals surface area contributed by atoms with E-state index in [9.17, 15) is 4.79 Å². The number of rotatable bonds is 4. The Morgan fingerprint density at radius 3 is 2.65 bits per heavy atom. The Morgan fingerprint density at radius 2 is 2.06 bits per heavy atom. The Kier molecular flexibility index (Phi) is 4.70. The highest BCUT2D eigenvalue weighted by atomic mass is 16.3. The number of likely N-dealkylation sites (N-methyl/N-ethyl adjacent to an activating group) is 1. The van der Waals surface area contributed by atoms with Gasteiger partial charge >= 0.3 is 0 Å². The first kappa shape index (κ1) is 13.7. The number of aliphatic hydroxyl groups excluding tert-OH is 1. The molecule has 0 radical (unpaired) electrons. The van der Waals surface area contributed by atoms with Gasteiger partial charge in [0.05, 0.1) is 19.1 Å². The maximum absolute atomic E-state index is 12.0. The van der Waals surface area contributed by atoms with E-state index in [4.69, 9.17) is 5.11 Å². The van der Waals surface area contributed by atoms with Crippen molar-refractivity contribution in [2.45, 2.75) is 33.2 Å². The third-order valence-corrected chi connectivity index (χ3v) is 3.17. The van der Waals surface area contributed by atoms with Crippen LogP contribution in [-0.4, -0.2) is 35.6 Å². The first-order valence-electron chi connectivity index (χ1n) is 5.88. The molecule has 0 spiro atoms. The van der Waals surface area contributed by atoms with E-state index < -0.39 is 0 Å². The molecule has 1 N–H and O–H groups in total. The molecule has 0 bridgehead atoms. The van der Waals surface area contributed by atoms with Gasteiger partial charge in [0, 0.05) is 7.05 Å². The summed E-state index contributed by atoms with van der Waals surface area (Å²) in [6.45, 7) is 5.86. The van der Waals surface area contributed by atoms with E-state index in [0.717, 1.165) is 16.7 Å². The van der Waals surface area contributed by atoms with E-state index in [1.54, 1.807) is 11.9 Å². The average molecular weight is 235 g/mol. The first-order chi connectivity index (χ1) is 7.95. The molecule has 1 amide bonds. The van der Waals surface area contributed by atoms with Crippen LogP contribution in [0.25, 0.3) is 0 Å². The van der Waals surface area contributed by atoms with Gasteiger partial charge in [-0.1, -0.05) is 23.8 Å². The van der Waals surface area contributed by atoms with Crippen molar-refractivity contribution in [2.75, 3.05) is 13.7 Å². The highest BCUT2D eigenvalue weighted by Crippen LogP contribution is 2.12. The smallest absolute Gasteiger partial charge is 0.227 e. The molecule has 94 valence electrons. The highest BCUT2D eigenvalue weighted by Gasteiger charge is 2.15. The summed E-state index contributed by atoms with van der Waals surface area (Å²) in [5.41, 5.74) is 3.36. The van der Waals surface area contributed by atoms with Crippen molar-refractivity contribution in [1.29, 1.82) is 0 Å². The average Bonchev–Trinajstić information content (AvgIpc) is 2.31. The zero-order chi connectivity index (χ0) is 13.0. The molecule has 1 unspecified atom stereocenters. The predicted molar refractivity (Wildman–Crippen MR) is 68.9 cm³/mol. The van der Waals surface area contributed by atoms with Crippen LogP contribution in [0.4, 0.5) is 0 Å². The lowest BCUT2D eigenvalue weighted by Crippen LogP contribution is -2.38. The molecule has 0 aliphatic carbocycles. The van der Waals surface area contributed by atoms with Crippen LogP contribution < -0.4 is 0 Å². The van der Waals surface area contributed by atoms with Gasteiger partial charge in [-0.25, -0.2) is 0 Å². The maximum Gasteiger partial charge on any atom is 0.227 e. The van der Waals surface area contributed by atoms with Crippen molar-refractivity contribution in [3.63, 3.8) is 0 Å². The van der Waals surface area contributed by atoms with Crippen molar-refractivity contribution in [3.8, 4) is 0 Å². The van der Waals surface area contributed by atoms with Gasteiger partial charge in [-0.15, -0.1) is 0 Å². The van der Waals surface area contributed by atoms with Gasteiger partial charge in [-0.05, 0) is 31.9 Å². The fraction of sp³-hybridized carbons (Fsp3) is 0.500. The summed E-state index contributed by atoms with van der Waals surface area (Å²) in [5.74, 6) is 0.0419. The lowest BCUT2D eigenvalue weighted by molar-refractivity contribution is -0.131. The van der Waals surface area contributed by atoms with E-state index in [2.05, 4.69) is 0 Å². The van der Waals surface area contributed by atoms with Crippen LogP contribution in [0.3, 0.4) is 0 Å². The highest BCUT2D eigenvalue weighted by molar-refractivity contribution is 5.79. The molecule has 0 heterocycles. The van der Waals surface area contributed by atoms with E-state index in [1.165, 1.54) is 0 Å². The molecule has 0 fully saturated rings. The SMILES string of the molecule is Cc1ccc(C)c(CC(=O)N(C)C(C)CO)c1. The summed E-state index contributed by atoms with van der Waals surface area (Å²) in [4.78, 5) is 13.6. The minimum Gasteiger partial charge on any atom is -0.394 e. The lowest BCUT2D eigenvalue weighted by atomic mass is 10.0. The number of amides is 1. The third-order valence-electron chi connectivity index (χ3n) is 3.17. The van der Waals surface area contributed by atoms with Crippen LogP contribution in [-0.2, 0) is 11.2 Å². The summed E-state index contributed by atoms with van der Waals surface area (Å²) in [6.07, 6.45) is 0.397. The number of aryl methyl sites for hydroxylation is 2. The number of hydrogen-bond acceptors (Lipinski definition) is 2. The minimum absolute atomic E-state index is 0.00492. The number of benzene rings is 1. The first-order valence-corrected chi connectivity index (χ1v) is 5.88. The van der Waals surface area contributed by atoms with Crippen molar-refractivity contribution in [1.82, 2.24) is 4.90 Å². The molecule has 0 saturated carbocycles. The second-order valence-corrected chi connectivity index (χ2v) is 4.64. The topological polar surface area (TPSA) is 40.5 Å². The second-order valence-electron chi connectivity index (χ2n) is 4.64. The fourth-order valence-corrected chi connectivity index (χ4v) is 1.65. The van der Waals surface area contributed by atoms with Gasteiger partial charge in [0.25, 0.3) is 0 Å². The summed E-state index contributed by atoms with van der Waals surface area (Å²) < 4.78 is 0. The Balaban J connectivity index is 2.77. The molecule has 1 aromatic rings. The summed E-state index contributed by atoms with van der Waals surface area (Å²) in [7, 11) is 1.73. The van der Waals surface area contributed by atoms with E-state index >= 15 is 0 Å². The molecule has 0 aromatic heterocycles. The molecule has 17 heavy (non-hydrogen) atoms. The molecule has 1 aromatic carbocycles. The summed E-state index contributed by atoms with van der Waals surface area (Å²) >= 11 is 0. The van der Waals surface area contributed by atoms with Crippen molar-refractivity contribution in [2.24, 2.45) is 0 Å². The van der Waals surface area contributed by atoms with Gasteiger partial charge in [0.15, 0.2) is 0 Å². The van der Waals surface area contributed by atoms with Crippen molar-refractivity contribution < 1.29 is 9.90 Å². The van der Waals surface area contributed by atoms with Crippen LogP contribution >= 0.6 is 0 Å². The summed E-state index contributed by atoms with van der Waals surface area (Å²) in [5, 5.41) is 9.02. The van der Waals surface area contributed by atoms with Gasteiger partial charge in [-0.3, -0.25) is 4.79 Å².